The molecule has 1 fully saturated rings. The minimum atomic E-state index is -0.989. The third kappa shape index (κ3) is 2.57. The third-order valence-electron chi connectivity index (χ3n) is 4.12. The molecule has 0 saturated heterocycles. The second-order valence-electron chi connectivity index (χ2n) is 6.28. The van der Waals surface area contributed by atoms with Crippen molar-refractivity contribution < 1.29 is 14.3 Å². The Bertz CT molecular complexity index is 422. The number of carbonyl (C=O) groups is 1. The highest BCUT2D eigenvalue weighted by atomic mass is 16.4. The molecule has 18 heavy (non-hydrogen) atoms. The Kier molecular flexibility index (Phi) is 3.46. The highest BCUT2D eigenvalue weighted by Crippen LogP contribution is 2.43. The standard InChI is InChI=1S/C14H21NO3/c1-14(2,3)10-6-4-9(5-7-10)12-11(13(16)17)15-8-18-12/h8-10H,4-7H2,1-3H3,(H,16,17). The van der Waals surface area contributed by atoms with Crippen LogP contribution in [0.5, 0.6) is 0 Å². The van der Waals surface area contributed by atoms with E-state index < -0.39 is 5.97 Å². The van der Waals surface area contributed by atoms with E-state index in [1.807, 2.05) is 0 Å². The van der Waals surface area contributed by atoms with Gasteiger partial charge in [-0.2, -0.15) is 0 Å². The monoisotopic (exact) mass is 251 g/mol. The Hall–Kier alpha value is -1.32. The van der Waals surface area contributed by atoms with Crippen LogP contribution in [0.2, 0.25) is 0 Å². The van der Waals surface area contributed by atoms with Gasteiger partial charge in [-0.1, -0.05) is 20.8 Å². The molecule has 0 aliphatic heterocycles. The maximum Gasteiger partial charge on any atom is 0.358 e. The molecule has 0 spiro atoms. The number of nitrogens with zero attached hydrogens (tertiary/aromatic N) is 1. The highest BCUT2D eigenvalue weighted by molar-refractivity contribution is 5.86. The number of oxazole rings is 1. The first-order valence-electron chi connectivity index (χ1n) is 6.56. The zero-order valence-electron chi connectivity index (χ0n) is 11.3. The predicted molar refractivity (Wildman–Crippen MR) is 67.6 cm³/mol. The Morgan fingerprint density at radius 3 is 2.44 bits per heavy atom. The van der Waals surface area contributed by atoms with Gasteiger partial charge in [0.1, 0.15) is 5.76 Å². The van der Waals surface area contributed by atoms with Crippen LogP contribution in [0.4, 0.5) is 0 Å². The van der Waals surface area contributed by atoms with E-state index >= 15 is 0 Å². The van der Waals surface area contributed by atoms with Gasteiger partial charge >= 0.3 is 5.97 Å². The van der Waals surface area contributed by atoms with Gasteiger partial charge in [-0.15, -0.1) is 0 Å². The molecule has 100 valence electrons. The van der Waals surface area contributed by atoms with E-state index in [0.717, 1.165) is 25.7 Å². The second kappa shape index (κ2) is 4.75. The summed E-state index contributed by atoms with van der Waals surface area (Å²) in [5.41, 5.74) is 0.427. The van der Waals surface area contributed by atoms with Crippen molar-refractivity contribution in [3.63, 3.8) is 0 Å². The summed E-state index contributed by atoms with van der Waals surface area (Å²) in [7, 11) is 0. The SMILES string of the molecule is CC(C)(C)C1CCC(c2ocnc2C(=O)O)CC1. The molecule has 0 unspecified atom stereocenters. The van der Waals surface area contributed by atoms with Gasteiger partial charge in [0.05, 0.1) is 0 Å². The average Bonchev–Trinajstić information content (AvgIpc) is 2.77. The van der Waals surface area contributed by atoms with Gasteiger partial charge in [0, 0.05) is 5.92 Å². The fourth-order valence-electron chi connectivity index (χ4n) is 2.93. The second-order valence-corrected chi connectivity index (χ2v) is 6.28. The predicted octanol–water partition coefficient (Wildman–Crippen LogP) is 3.69. The minimum Gasteiger partial charge on any atom is -0.476 e. The Labute approximate surface area is 107 Å². The first kappa shape index (κ1) is 13.1. The molecule has 0 radical (unpaired) electrons. The first-order valence-corrected chi connectivity index (χ1v) is 6.56. The molecular formula is C14H21NO3. The number of hydrogen-bond donors (Lipinski definition) is 1. The Morgan fingerprint density at radius 1 is 1.33 bits per heavy atom. The zero-order valence-corrected chi connectivity index (χ0v) is 11.3. The van der Waals surface area contributed by atoms with Crippen LogP contribution in [0, 0.1) is 11.3 Å². The number of aromatic carboxylic acids is 1. The van der Waals surface area contributed by atoms with Crippen molar-refractivity contribution in [3.8, 4) is 0 Å². The third-order valence-corrected chi connectivity index (χ3v) is 4.12. The fourth-order valence-corrected chi connectivity index (χ4v) is 2.93. The van der Waals surface area contributed by atoms with E-state index in [9.17, 15) is 4.79 Å². The summed E-state index contributed by atoms with van der Waals surface area (Å²) >= 11 is 0. The van der Waals surface area contributed by atoms with E-state index in [-0.39, 0.29) is 11.6 Å². The summed E-state index contributed by atoms with van der Waals surface area (Å²) in [4.78, 5) is 14.8. The molecular weight excluding hydrogens is 230 g/mol. The van der Waals surface area contributed by atoms with Gasteiger partial charge in [-0.25, -0.2) is 9.78 Å². The number of carboxylic acid groups (broad SMARTS) is 1. The molecule has 4 nitrogen and oxygen atoms in total. The molecule has 1 aliphatic rings. The average molecular weight is 251 g/mol. The maximum absolute atomic E-state index is 11.0. The van der Waals surface area contributed by atoms with E-state index in [4.69, 9.17) is 9.52 Å². The molecule has 4 heteroatoms. The van der Waals surface area contributed by atoms with Crippen molar-refractivity contribution >= 4 is 5.97 Å². The molecule has 1 saturated carbocycles. The number of aromatic nitrogens is 1. The summed E-state index contributed by atoms with van der Waals surface area (Å²) in [5, 5.41) is 9.04. The lowest BCUT2D eigenvalue weighted by Crippen LogP contribution is -2.25. The summed E-state index contributed by atoms with van der Waals surface area (Å²) in [5.74, 6) is 0.508. The maximum atomic E-state index is 11.0. The van der Waals surface area contributed by atoms with Crippen LogP contribution < -0.4 is 0 Å². The van der Waals surface area contributed by atoms with Gasteiger partial charge < -0.3 is 9.52 Å². The normalized spacial score (nSPS) is 25.1. The summed E-state index contributed by atoms with van der Waals surface area (Å²) in [6.45, 7) is 6.82. The van der Waals surface area contributed by atoms with Gasteiger partial charge in [-0.05, 0) is 37.0 Å². The minimum absolute atomic E-state index is 0.0919. The van der Waals surface area contributed by atoms with Crippen LogP contribution >= 0.6 is 0 Å². The van der Waals surface area contributed by atoms with E-state index in [1.54, 1.807) is 0 Å². The number of hydrogen-bond acceptors (Lipinski definition) is 3. The molecule has 0 atom stereocenters. The van der Waals surface area contributed by atoms with Gasteiger partial charge in [0.15, 0.2) is 12.1 Å². The van der Waals surface area contributed by atoms with E-state index in [1.165, 1.54) is 6.39 Å². The molecule has 1 N–H and O–H groups in total. The molecule has 1 aromatic rings. The van der Waals surface area contributed by atoms with Gasteiger partial charge in [-0.3, -0.25) is 0 Å². The van der Waals surface area contributed by atoms with Crippen molar-refractivity contribution in [1.29, 1.82) is 0 Å². The van der Waals surface area contributed by atoms with Gasteiger partial charge in [0.25, 0.3) is 0 Å². The van der Waals surface area contributed by atoms with Crippen molar-refractivity contribution in [2.24, 2.45) is 11.3 Å². The molecule has 1 heterocycles. The van der Waals surface area contributed by atoms with Crippen LogP contribution in [0.15, 0.2) is 10.8 Å². The lowest BCUT2D eigenvalue weighted by Gasteiger charge is -2.36. The Balaban J connectivity index is 2.06. The molecule has 0 amide bonds. The van der Waals surface area contributed by atoms with Crippen LogP contribution in [0.3, 0.4) is 0 Å². The van der Waals surface area contributed by atoms with Crippen molar-refractivity contribution in [3.05, 3.63) is 17.8 Å². The van der Waals surface area contributed by atoms with Crippen LogP contribution in [-0.4, -0.2) is 16.1 Å². The number of rotatable bonds is 2. The van der Waals surface area contributed by atoms with E-state index in [0.29, 0.717) is 17.1 Å². The molecule has 2 rings (SSSR count). The lowest BCUT2D eigenvalue weighted by atomic mass is 9.69. The fraction of sp³-hybridized carbons (Fsp3) is 0.714. The zero-order chi connectivity index (χ0) is 13.3. The molecule has 1 aliphatic carbocycles. The molecule has 0 aromatic carbocycles. The lowest BCUT2D eigenvalue weighted by molar-refractivity contribution is 0.0686. The van der Waals surface area contributed by atoms with Crippen LogP contribution in [-0.2, 0) is 0 Å². The van der Waals surface area contributed by atoms with Crippen LogP contribution in [0.1, 0.15) is 68.6 Å². The summed E-state index contributed by atoms with van der Waals surface area (Å²) < 4.78 is 5.29. The number of carboxylic acids is 1. The first-order chi connectivity index (χ1) is 8.39. The van der Waals surface area contributed by atoms with Crippen molar-refractivity contribution in [2.45, 2.75) is 52.4 Å². The summed E-state index contributed by atoms with van der Waals surface area (Å²) in [6, 6.07) is 0. The van der Waals surface area contributed by atoms with Gasteiger partial charge in [0.2, 0.25) is 0 Å². The topological polar surface area (TPSA) is 63.3 Å². The highest BCUT2D eigenvalue weighted by Gasteiger charge is 2.33. The van der Waals surface area contributed by atoms with Crippen molar-refractivity contribution in [2.75, 3.05) is 0 Å². The summed E-state index contributed by atoms with van der Waals surface area (Å²) in [6.07, 6.45) is 5.51. The molecule has 0 bridgehead atoms. The largest absolute Gasteiger partial charge is 0.476 e. The Morgan fingerprint density at radius 2 is 1.94 bits per heavy atom. The quantitative estimate of drug-likeness (QED) is 0.870. The molecule has 1 aromatic heterocycles. The van der Waals surface area contributed by atoms with Crippen molar-refractivity contribution in [1.82, 2.24) is 4.98 Å². The smallest absolute Gasteiger partial charge is 0.358 e. The van der Waals surface area contributed by atoms with E-state index in [2.05, 4.69) is 25.8 Å². The van der Waals surface area contributed by atoms with Crippen LogP contribution in [0.25, 0.3) is 0 Å².